The van der Waals surface area contributed by atoms with Crippen LogP contribution in [0.2, 0.25) is 0 Å². The second kappa shape index (κ2) is 1.91. The van der Waals surface area contributed by atoms with Crippen molar-refractivity contribution in [1.82, 2.24) is 9.80 Å². The van der Waals surface area contributed by atoms with E-state index in [1.807, 2.05) is 0 Å². The minimum Gasteiger partial charge on any atom is -0.368 e. The van der Waals surface area contributed by atoms with Gasteiger partial charge in [0.05, 0.1) is 13.3 Å². The number of nitrogens with zero attached hydrogens (tertiary/aromatic N) is 2. The Bertz CT molecular complexity index is 272. The lowest BCUT2D eigenvalue weighted by Crippen LogP contribution is -2.78. The standard InChI is InChI=1S/C11H18N2O/c1-9-3-12-5-10(2,11(9)7-14-11)6-13(4-9)8-12/h3-8H2,1-2H3. The van der Waals surface area contributed by atoms with Gasteiger partial charge in [0.1, 0.15) is 5.60 Å². The zero-order valence-corrected chi connectivity index (χ0v) is 9.05. The minimum atomic E-state index is 0.243. The van der Waals surface area contributed by atoms with Gasteiger partial charge in [-0.1, -0.05) is 13.8 Å². The maximum atomic E-state index is 5.93. The maximum absolute atomic E-state index is 5.93. The average Bonchev–Trinajstić information content (AvgIpc) is 2.77. The topological polar surface area (TPSA) is 19.0 Å². The van der Waals surface area contributed by atoms with Gasteiger partial charge in [0, 0.05) is 37.0 Å². The van der Waals surface area contributed by atoms with E-state index in [0.29, 0.717) is 10.8 Å². The van der Waals surface area contributed by atoms with Crippen LogP contribution in [0.15, 0.2) is 0 Å². The van der Waals surface area contributed by atoms with Crippen LogP contribution in [0, 0.1) is 10.8 Å². The van der Waals surface area contributed by atoms with E-state index in [1.165, 1.54) is 32.8 Å². The van der Waals surface area contributed by atoms with Crippen LogP contribution in [0.4, 0.5) is 0 Å². The van der Waals surface area contributed by atoms with Gasteiger partial charge in [0.25, 0.3) is 0 Å². The van der Waals surface area contributed by atoms with E-state index in [1.54, 1.807) is 0 Å². The molecule has 5 saturated heterocycles. The number of rotatable bonds is 0. The van der Waals surface area contributed by atoms with Crippen LogP contribution in [0.3, 0.4) is 0 Å². The molecule has 5 aliphatic heterocycles. The molecule has 5 fully saturated rings. The highest BCUT2D eigenvalue weighted by Gasteiger charge is 2.75. The lowest BCUT2D eigenvalue weighted by molar-refractivity contribution is -0.204. The Morgan fingerprint density at radius 2 is 1.36 bits per heavy atom. The van der Waals surface area contributed by atoms with Crippen LogP contribution in [-0.4, -0.2) is 54.9 Å². The van der Waals surface area contributed by atoms with Crippen molar-refractivity contribution in [2.45, 2.75) is 19.4 Å². The lowest BCUT2D eigenvalue weighted by atomic mass is 9.55. The first kappa shape index (κ1) is 8.08. The summed E-state index contributed by atoms with van der Waals surface area (Å²) in [7, 11) is 0. The van der Waals surface area contributed by atoms with Crippen molar-refractivity contribution in [1.29, 1.82) is 0 Å². The van der Waals surface area contributed by atoms with E-state index in [9.17, 15) is 0 Å². The summed E-state index contributed by atoms with van der Waals surface area (Å²) in [6.45, 7) is 12.1. The van der Waals surface area contributed by atoms with Gasteiger partial charge < -0.3 is 4.74 Å². The third kappa shape index (κ3) is 0.640. The molecule has 3 heteroatoms. The van der Waals surface area contributed by atoms with E-state index in [0.717, 1.165) is 6.61 Å². The van der Waals surface area contributed by atoms with Gasteiger partial charge in [-0.2, -0.15) is 0 Å². The monoisotopic (exact) mass is 194 g/mol. The van der Waals surface area contributed by atoms with E-state index in [2.05, 4.69) is 23.6 Å². The van der Waals surface area contributed by atoms with Crippen LogP contribution >= 0.6 is 0 Å². The summed E-state index contributed by atoms with van der Waals surface area (Å²) in [5.41, 5.74) is 1.04. The van der Waals surface area contributed by atoms with Crippen LogP contribution in [-0.2, 0) is 4.74 Å². The van der Waals surface area contributed by atoms with Crippen molar-refractivity contribution in [3.8, 4) is 0 Å². The number of hydrogen-bond donors (Lipinski definition) is 0. The van der Waals surface area contributed by atoms with Gasteiger partial charge in [-0.15, -0.1) is 0 Å². The highest BCUT2D eigenvalue weighted by atomic mass is 16.6. The fourth-order valence-corrected chi connectivity index (χ4v) is 4.68. The van der Waals surface area contributed by atoms with E-state index in [4.69, 9.17) is 4.74 Å². The second-order valence-corrected chi connectivity index (χ2v) is 6.35. The molecule has 0 N–H and O–H groups in total. The molecule has 0 aromatic heterocycles. The Labute approximate surface area is 85.0 Å². The van der Waals surface area contributed by atoms with Gasteiger partial charge in [0.15, 0.2) is 0 Å². The molecular weight excluding hydrogens is 176 g/mol. The summed E-state index contributed by atoms with van der Waals surface area (Å²) in [4.78, 5) is 5.22. The Hall–Kier alpha value is -0.120. The predicted octanol–water partition coefficient (Wildman–Crippen LogP) is 0.370. The summed E-state index contributed by atoms with van der Waals surface area (Å²) in [6, 6.07) is 0. The molecule has 0 amide bonds. The first-order valence-electron chi connectivity index (χ1n) is 5.66. The average molecular weight is 194 g/mol. The highest BCUT2D eigenvalue weighted by Crippen LogP contribution is 2.63. The molecule has 5 aliphatic rings. The van der Waals surface area contributed by atoms with Crippen LogP contribution in [0.5, 0.6) is 0 Å². The quantitative estimate of drug-likeness (QED) is 0.519. The second-order valence-electron chi connectivity index (χ2n) is 6.35. The number of hydrogen-bond acceptors (Lipinski definition) is 3. The van der Waals surface area contributed by atoms with Crippen molar-refractivity contribution >= 4 is 0 Å². The molecule has 0 atom stereocenters. The molecule has 0 unspecified atom stereocenters. The third-order valence-corrected chi connectivity index (χ3v) is 5.07. The van der Waals surface area contributed by atoms with Gasteiger partial charge in [-0.3, -0.25) is 9.80 Å². The van der Waals surface area contributed by atoms with Gasteiger partial charge in [-0.05, 0) is 0 Å². The zero-order valence-electron chi connectivity index (χ0n) is 9.05. The smallest absolute Gasteiger partial charge is 0.107 e. The van der Waals surface area contributed by atoms with Crippen molar-refractivity contribution in [3.05, 3.63) is 0 Å². The number of epoxide rings is 1. The molecule has 0 aliphatic carbocycles. The van der Waals surface area contributed by atoms with Crippen LogP contribution in [0.25, 0.3) is 0 Å². The van der Waals surface area contributed by atoms with Crippen molar-refractivity contribution in [3.63, 3.8) is 0 Å². The Kier molecular flexibility index (Phi) is 1.10. The Balaban J connectivity index is 1.88. The predicted molar refractivity (Wildman–Crippen MR) is 52.9 cm³/mol. The van der Waals surface area contributed by atoms with Gasteiger partial charge >= 0.3 is 0 Å². The molecule has 0 radical (unpaired) electrons. The lowest BCUT2D eigenvalue weighted by Gasteiger charge is -2.66. The first-order chi connectivity index (χ1) is 6.57. The molecule has 5 rings (SSSR count). The first-order valence-corrected chi connectivity index (χ1v) is 5.66. The van der Waals surface area contributed by atoms with Crippen LogP contribution in [0.1, 0.15) is 13.8 Å². The van der Waals surface area contributed by atoms with Gasteiger partial charge in [0.2, 0.25) is 0 Å². The highest BCUT2D eigenvalue weighted by molar-refractivity contribution is 5.24. The molecule has 0 aromatic rings. The summed E-state index contributed by atoms with van der Waals surface area (Å²) in [5.74, 6) is 0. The molecule has 0 aromatic carbocycles. The SMILES string of the molecule is CC12CN3CN(C1)CC(C)(C3)C21CO1. The number of piperidine rings is 2. The third-order valence-electron chi connectivity index (χ3n) is 5.07. The Morgan fingerprint density at radius 1 is 0.929 bits per heavy atom. The molecule has 5 heterocycles. The zero-order chi connectivity index (χ0) is 9.60. The molecule has 1 spiro atoms. The maximum Gasteiger partial charge on any atom is 0.107 e. The van der Waals surface area contributed by atoms with Crippen molar-refractivity contribution in [2.75, 3.05) is 39.5 Å². The van der Waals surface area contributed by atoms with Crippen LogP contribution < -0.4 is 0 Å². The van der Waals surface area contributed by atoms with Crippen molar-refractivity contribution < 1.29 is 4.74 Å². The van der Waals surface area contributed by atoms with E-state index < -0.39 is 0 Å². The number of ether oxygens (including phenoxy) is 1. The van der Waals surface area contributed by atoms with E-state index >= 15 is 0 Å². The Morgan fingerprint density at radius 3 is 1.71 bits per heavy atom. The summed E-state index contributed by atoms with van der Waals surface area (Å²) in [5, 5.41) is 0. The molecule has 78 valence electrons. The fourth-order valence-electron chi connectivity index (χ4n) is 4.68. The summed E-state index contributed by atoms with van der Waals surface area (Å²) < 4.78 is 5.93. The van der Waals surface area contributed by atoms with E-state index in [-0.39, 0.29) is 5.60 Å². The molecular formula is C11H18N2O. The largest absolute Gasteiger partial charge is 0.368 e. The normalized spacial score (nSPS) is 69.0. The summed E-state index contributed by atoms with van der Waals surface area (Å²) in [6.07, 6.45) is 0. The molecule has 3 nitrogen and oxygen atoms in total. The van der Waals surface area contributed by atoms with Gasteiger partial charge in [-0.25, -0.2) is 0 Å². The minimum absolute atomic E-state index is 0.243. The fraction of sp³-hybridized carbons (Fsp3) is 1.00. The molecule has 0 saturated carbocycles. The summed E-state index contributed by atoms with van der Waals surface area (Å²) >= 11 is 0. The molecule has 4 bridgehead atoms. The van der Waals surface area contributed by atoms with Crippen molar-refractivity contribution in [2.24, 2.45) is 10.8 Å². The molecule has 14 heavy (non-hydrogen) atoms.